The predicted octanol–water partition coefficient (Wildman–Crippen LogP) is 2.91. The average Bonchev–Trinajstić information content (AvgIpc) is 2.70. The fourth-order valence-corrected chi connectivity index (χ4v) is 3.55. The summed E-state index contributed by atoms with van der Waals surface area (Å²) in [6, 6.07) is 12.4. The number of ether oxygens (including phenoxy) is 1. The Bertz CT molecular complexity index is 789. The van der Waals surface area contributed by atoms with Gasteiger partial charge in [-0.05, 0) is 38.2 Å². The van der Waals surface area contributed by atoms with Crippen LogP contribution >= 0.6 is 0 Å². The minimum atomic E-state index is -0.0422. The highest BCUT2D eigenvalue weighted by atomic mass is 16.5. The zero-order valence-corrected chi connectivity index (χ0v) is 17.5. The summed E-state index contributed by atoms with van der Waals surface area (Å²) in [5.74, 6) is 2.48. The number of carbonyl (C=O) groups excluding carboxylic acids is 1. The first-order valence-corrected chi connectivity index (χ1v) is 10.2. The quantitative estimate of drug-likeness (QED) is 0.713. The molecule has 0 radical (unpaired) electrons. The molecule has 7 heteroatoms. The van der Waals surface area contributed by atoms with Crippen molar-refractivity contribution in [2.45, 2.75) is 51.3 Å². The number of amides is 1. The third-order valence-electron chi connectivity index (χ3n) is 5.07. The first-order valence-electron chi connectivity index (χ1n) is 10.2. The lowest BCUT2D eigenvalue weighted by Crippen LogP contribution is -2.41. The Kier molecular flexibility index (Phi) is 7.41. The molecule has 1 aliphatic carbocycles. The van der Waals surface area contributed by atoms with Gasteiger partial charge in [0.05, 0.1) is 6.61 Å². The maximum atomic E-state index is 12.1. The van der Waals surface area contributed by atoms with Gasteiger partial charge >= 0.3 is 0 Å². The van der Waals surface area contributed by atoms with Crippen molar-refractivity contribution in [1.29, 1.82) is 0 Å². The maximum absolute atomic E-state index is 12.1. The van der Waals surface area contributed by atoms with Gasteiger partial charge in [-0.15, -0.1) is 0 Å². The Balaban J connectivity index is 1.38. The summed E-state index contributed by atoms with van der Waals surface area (Å²) in [6.07, 6.45) is 3.89. The SMILES string of the molecule is Cc1nc(NC2CCC(NC(=O)COCc3ccccc3)CC2)cc(N(C)C)n1. The second-order valence-corrected chi connectivity index (χ2v) is 7.79. The molecule has 2 N–H and O–H groups in total. The normalized spacial score (nSPS) is 18.9. The predicted molar refractivity (Wildman–Crippen MR) is 115 cm³/mol. The molecule has 0 saturated heterocycles. The van der Waals surface area contributed by atoms with Crippen molar-refractivity contribution in [3.05, 3.63) is 47.8 Å². The van der Waals surface area contributed by atoms with Crippen LogP contribution in [0.4, 0.5) is 11.6 Å². The molecule has 156 valence electrons. The maximum Gasteiger partial charge on any atom is 0.246 e. The third-order valence-corrected chi connectivity index (χ3v) is 5.07. The van der Waals surface area contributed by atoms with E-state index in [2.05, 4.69) is 20.6 Å². The van der Waals surface area contributed by atoms with E-state index in [0.717, 1.165) is 48.7 Å². The van der Waals surface area contributed by atoms with Crippen molar-refractivity contribution in [2.24, 2.45) is 0 Å². The molecule has 1 aromatic heterocycles. The van der Waals surface area contributed by atoms with Crippen LogP contribution in [0.1, 0.15) is 37.1 Å². The van der Waals surface area contributed by atoms with Gasteiger partial charge in [-0.1, -0.05) is 30.3 Å². The molecule has 3 rings (SSSR count). The van der Waals surface area contributed by atoms with E-state index >= 15 is 0 Å². The van der Waals surface area contributed by atoms with Gasteiger partial charge in [0.25, 0.3) is 0 Å². The van der Waals surface area contributed by atoms with E-state index in [9.17, 15) is 4.79 Å². The van der Waals surface area contributed by atoms with E-state index in [-0.39, 0.29) is 18.6 Å². The number of nitrogens with one attached hydrogen (secondary N) is 2. The monoisotopic (exact) mass is 397 g/mol. The molecule has 1 aliphatic rings. The van der Waals surface area contributed by atoms with Crippen LogP contribution in [0.25, 0.3) is 0 Å². The van der Waals surface area contributed by atoms with E-state index in [0.29, 0.717) is 12.6 Å². The Morgan fingerprint density at radius 3 is 2.48 bits per heavy atom. The number of carbonyl (C=O) groups is 1. The van der Waals surface area contributed by atoms with Gasteiger partial charge in [0, 0.05) is 32.2 Å². The molecule has 1 aromatic carbocycles. The lowest BCUT2D eigenvalue weighted by atomic mass is 9.91. The summed E-state index contributed by atoms with van der Waals surface area (Å²) in [5.41, 5.74) is 1.07. The highest BCUT2D eigenvalue weighted by Crippen LogP contribution is 2.23. The first-order chi connectivity index (χ1) is 14.0. The number of nitrogens with zero attached hydrogens (tertiary/aromatic N) is 3. The van der Waals surface area contributed by atoms with Gasteiger partial charge < -0.3 is 20.3 Å². The summed E-state index contributed by atoms with van der Waals surface area (Å²) in [5, 5.41) is 6.63. The van der Waals surface area contributed by atoms with E-state index in [1.165, 1.54) is 0 Å². The topological polar surface area (TPSA) is 79.4 Å². The van der Waals surface area contributed by atoms with Crippen LogP contribution in [0.2, 0.25) is 0 Å². The molecule has 29 heavy (non-hydrogen) atoms. The molecule has 1 fully saturated rings. The average molecular weight is 398 g/mol. The summed E-state index contributed by atoms with van der Waals surface area (Å²) < 4.78 is 5.52. The zero-order valence-electron chi connectivity index (χ0n) is 17.5. The Labute approximate surface area is 172 Å². The van der Waals surface area contributed by atoms with E-state index in [4.69, 9.17) is 4.74 Å². The Hall–Kier alpha value is -2.67. The van der Waals surface area contributed by atoms with Gasteiger partial charge in [-0.2, -0.15) is 0 Å². The molecule has 0 atom stereocenters. The fourth-order valence-electron chi connectivity index (χ4n) is 3.55. The van der Waals surface area contributed by atoms with E-state index < -0.39 is 0 Å². The van der Waals surface area contributed by atoms with Crippen LogP contribution in [-0.4, -0.2) is 48.7 Å². The van der Waals surface area contributed by atoms with Crippen LogP contribution < -0.4 is 15.5 Å². The smallest absolute Gasteiger partial charge is 0.246 e. The summed E-state index contributed by atoms with van der Waals surface area (Å²) in [6.45, 7) is 2.46. The van der Waals surface area contributed by atoms with Crippen molar-refractivity contribution in [3.8, 4) is 0 Å². The summed E-state index contributed by atoms with van der Waals surface area (Å²) in [4.78, 5) is 23.0. The fraction of sp³-hybridized carbons (Fsp3) is 0.500. The third kappa shape index (κ3) is 6.71. The summed E-state index contributed by atoms with van der Waals surface area (Å²) >= 11 is 0. The van der Waals surface area contributed by atoms with Crippen LogP contribution in [0, 0.1) is 6.92 Å². The number of anilines is 2. The van der Waals surface area contributed by atoms with E-state index in [1.54, 1.807) is 0 Å². The number of hydrogen-bond acceptors (Lipinski definition) is 6. The molecule has 2 aromatic rings. The van der Waals surface area contributed by atoms with Crippen molar-refractivity contribution in [3.63, 3.8) is 0 Å². The molecule has 0 aliphatic heterocycles. The number of benzene rings is 1. The van der Waals surface area contributed by atoms with E-state index in [1.807, 2.05) is 62.3 Å². The van der Waals surface area contributed by atoms with Gasteiger partial charge in [0.1, 0.15) is 24.1 Å². The lowest BCUT2D eigenvalue weighted by molar-refractivity contribution is -0.127. The molecule has 1 heterocycles. The second-order valence-electron chi connectivity index (χ2n) is 7.79. The lowest BCUT2D eigenvalue weighted by Gasteiger charge is -2.30. The van der Waals surface area contributed by atoms with Crippen LogP contribution in [0.15, 0.2) is 36.4 Å². The molecule has 1 amide bonds. The molecular formula is C22H31N5O2. The van der Waals surface area contributed by atoms with Crippen LogP contribution in [0.5, 0.6) is 0 Å². The molecule has 0 bridgehead atoms. The molecule has 1 saturated carbocycles. The Morgan fingerprint density at radius 1 is 1.10 bits per heavy atom. The molecule has 0 spiro atoms. The molecular weight excluding hydrogens is 366 g/mol. The highest BCUT2D eigenvalue weighted by molar-refractivity contribution is 5.77. The van der Waals surface area contributed by atoms with Crippen LogP contribution in [0.3, 0.4) is 0 Å². The van der Waals surface area contributed by atoms with Crippen LogP contribution in [-0.2, 0) is 16.1 Å². The van der Waals surface area contributed by atoms with Crippen molar-refractivity contribution in [1.82, 2.24) is 15.3 Å². The number of hydrogen-bond donors (Lipinski definition) is 2. The first kappa shape index (κ1) is 21.0. The zero-order chi connectivity index (χ0) is 20.6. The number of aryl methyl sites for hydroxylation is 1. The molecule has 7 nitrogen and oxygen atoms in total. The molecule has 0 unspecified atom stereocenters. The largest absolute Gasteiger partial charge is 0.367 e. The minimum absolute atomic E-state index is 0.0422. The van der Waals surface area contributed by atoms with Gasteiger partial charge in [-0.25, -0.2) is 9.97 Å². The number of aromatic nitrogens is 2. The van der Waals surface area contributed by atoms with Crippen molar-refractivity contribution in [2.75, 3.05) is 30.9 Å². The van der Waals surface area contributed by atoms with Crippen molar-refractivity contribution < 1.29 is 9.53 Å². The van der Waals surface area contributed by atoms with Gasteiger partial charge in [-0.3, -0.25) is 4.79 Å². The summed E-state index contributed by atoms with van der Waals surface area (Å²) in [7, 11) is 3.95. The minimum Gasteiger partial charge on any atom is -0.367 e. The second kappa shape index (κ2) is 10.2. The standard InChI is InChI=1S/C22H31N5O2/c1-16-23-20(13-21(24-16)27(2)3)25-18-9-11-19(12-10-18)26-22(28)15-29-14-17-7-5-4-6-8-17/h4-8,13,18-19H,9-12,14-15H2,1-3H3,(H,26,28)(H,23,24,25). The number of rotatable bonds is 8. The Morgan fingerprint density at radius 2 is 1.79 bits per heavy atom. The van der Waals surface area contributed by atoms with Crippen molar-refractivity contribution >= 4 is 17.5 Å². The highest BCUT2D eigenvalue weighted by Gasteiger charge is 2.23. The van der Waals surface area contributed by atoms with Gasteiger partial charge in [0.2, 0.25) is 5.91 Å². The van der Waals surface area contributed by atoms with Gasteiger partial charge in [0.15, 0.2) is 0 Å².